The molecule has 0 aromatic heterocycles. The minimum atomic E-state index is -0.455. The van der Waals surface area contributed by atoms with E-state index < -0.39 is 5.60 Å². The van der Waals surface area contributed by atoms with Gasteiger partial charge in [-0.15, -0.1) is 0 Å². The second kappa shape index (κ2) is 7.54. The van der Waals surface area contributed by atoms with Crippen LogP contribution in [0.25, 0.3) is 0 Å². The van der Waals surface area contributed by atoms with Crippen molar-refractivity contribution in [1.29, 1.82) is 0 Å². The summed E-state index contributed by atoms with van der Waals surface area (Å²) in [5.41, 5.74) is -0.455. The molecule has 2 fully saturated rings. The largest absolute Gasteiger partial charge is 0.444 e. The molecular weight excluding hydrogens is 292 g/mol. The smallest absolute Gasteiger partial charge is 0.410 e. The summed E-state index contributed by atoms with van der Waals surface area (Å²) >= 11 is 0. The molecule has 5 heteroatoms. The Morgan fingerprint density at radius 2 is 1.87 bits per heavy atom. The van der Waals surface area contributed by atoms with Gasteiger partial charge in [0.1, 0.15) is 5.60 Å². The van der Waals surface area contributed by atoms with Crippen LogP contribution >= 0.6 is 0 Å². The van der Waals surface area contributed by atoms with E-state index in [4.69, 9.17) is 4.74 Å². The normalized spacial score (nSPS) is 25.6. The second-order valence-corrected chi connectivity index (χ2v) is 7.88. The third kappa shape index (κ3) is 4.85. The van der Waals surface area contributed by atoms with Gasteiger partial charge in [0, 0.05) is 32.1 Å². The fourth-order valence-electron chi connectivity index (χ4n) is 3.71. The minimum Gasteiger partial charge on any atom is -0.444 e. The molecule has 2 rings (SSSR count). The fraction of sp³-hybridized carbons (Fsp3) is 0.889. The molecule has 2 atom stereocenters. The molecule has 132 valence electrons. The molecule has 0 radical (unpaired) electrons. The standard InChI is InChI=1S/C18H32N2O3/c1-5-8-16(21)20-11-7-6-9-15(20)14-10-12-19(13-14)17(22)23-18(2,3)4/h14-15H,5-13H2,1-4H3/t14-,15-/m1/s1. The van der Waals surface area contributed by atoms with Gasteiger partial charge in [-0.3, -0.25) is 4.79 Å². The first-order chi connectivity index (χ1) is 10.8. The first-order valence-corrected chi connectivity index (χ1v) is 9.09. The monoisotopic (exact) mass is 324 g/mol. The quantitative estimate of drug-likeness (QED) is 0.799. The van der Waals surface area contributed by atoms with Crippen molar-refractivity contribution in [1.82, 2.24) is 9.80 Å². The topological polar surface area (TPSA) is 49.9 Å². The molecule has 2 aliphatic rings. The Kier molecular flexibility index (Phi) is 5.93. The Balaban J connectivity index is 1.96. The Morgan fingerprint density at radius 1 is 1.13 bits per heavy atom. The van der Waals surface area contributed by atoms with E-state index in [-0.39, 0.29) is 12.0 Å². The van der Waals surface area contributed by atoms with E-state index in [0.717, 1.165) is 45.3 Å². The number of rotatable bonds is 3. The molecule has 0 aromatic rings. The van der Waals surface area contributed by atoms with Crippen molar-refractivity contribution in [3.05, 3.63) is 0 Å². The summed E-state index contributed by atoms with van der Waals surface area (Å²) in [6.45, 7) is 10.1. The van der Waals surface area contributed by atoms with Crippen molar-refractivity contribution in [3.8, 4) is 0 Å². The van der Waals surface area contributed by atoms with Crippen LogP contribution in [-0.4, -0.2) is 53.1 Å². The number of hydrogen-bond acceptors (Lipinski definition) is 3. The fourth-order valence-corrected chi connectivity index (χ4v) is 3.71. The van der Waals surface area contributed by atoms with E-state index in [9.17, 15) is 9.59 Å². The zero-order valence-electron chi connectivity index (χ0n) is 15.1. The van der Waals surface area contributed by atoms with Crippen molar-refractivity contribution in [2.24, 2.45) is 5.92 Å². The third-order valence-corrected chi connectivity index (χ3v) is 4.75. The van der Waals surface area contributed by atoms with Crippen LogP contribution in [0.1, 0.15) is 66.2 Å². The molecule has 0 aliphatic carbocycles. The average molecular weight is 324 g/mol. The molecule has 0 N–H and O–H groups in total. The van der Waals surface area contributed by atoms with Gasteiger partial charge in [0.05, 0.1) is 0 Å². The van der Waals surface area contributed by atoms with Crippen LogP contribution in [0.2, 0.25) is 0 Å². The number of hydrogen-bond donors (Lipinski definition) is 0. The second-order valence-electron chi connectivity index (χ2n) is 7.88. The summed E-state index contributed by atoms with van der Waals surface area (Å²) in [4.78, 5) is 28.5. The van der Waals surface area contributed by atoms with Crippen molar-refractivity contribution in [2.45, 2.75) is 77.9 Å². The van der Waals surface area contributed by atoms with Gasteiger partial charge >= 0.3 is 6.09 Å². The lowest BCUT2D eigenvalue weighted by molar-refractivity contribution is -0.136. The van der Waals surface area contributed by atoms with E-state index in [2.05, 4.69) is 11.8 Å². The first kappa shape index (κ1) is 18.1. The Labute approximate surface area is 140 Å². The van der Waals surface area contributed by atoms with Crippen LogP contribution in [0.4, 0.5) is 4.79 Å². The van der Waals surface area contributed by atoms with Gasteiger partial charge < -0.3 is 14.5 Å². The van der Waals surface area contributed by atoms with Gasteiger partial charge in [0.15, 0.2) is 0 Å². The highest BCUT2D eigenvalue weighted by Crippen LogP contribution is 2.31. The van der Waals surface area contributed by atoms with Crippen LogP contribution in [-0.2, 0) is 9.53 Å². The summed E-state index contributed by atoms with van der Waals surface area (Å²) in [7, 11) is 0. The van der Waals surface area contributed by atoms with Crippen molar-refractivity contribution >= 4 is 12.0 Å². The lowest BCUT2D eigenvalue weighted by atomic mass is 9.89. The van der Waals surface area contributed by atoms with Crippen LogP contribution in [0, 0.1) is 5.92 Å². The number of amides is 2. The predicted molar refractivity (Wildman–Crippen MR) is 90.2 cm³/mol. The molecule has 2 saturated heterocycles. The van der Waals surface area contributed by atoms with Crippen molar-refractivity contribution in [3.63, 3.8) is 0 Å². The molecule has 0 spiro atoms. The Hall–Kier alpha value is -1.26. The lowest BCUT2D eigenvalue weighted by Gasteiger charge is -2.39. The van der Waals surface area contributed by atoms with Crippen LogP contribution in [0.3, 0.4) is 0 Å². The van der Waals surface area contributed by atoms with E-state index >= 15 is 0 Å². The highest BCUT2D eigenvalue weighted by molar-refractivity contribution is 5.76. The molecule has 23 heavy (non-hydrogen) atoms. The maximum Gasteiger partial charge on any atom is 0.410 e. The van der Waals surface area contributed by atoms with Crippen LogP contribution in [0.15, 0.2) is 0 Å². The van der Waals surface area contributed by atoms with Gasteiger partial charge in [-0.25, -0.2) is 4.79 Å². The summed E-state index contributed by atoms with van der Waals surface area (Å²) in [5, 5.41) is 0. The van der Waals surface area contributed by atoms with Crippen molar-refractivity contribution in [2.75, 3.05) is 19.6 Å². The SMILES string of the molecule is CCCC(=O)N1CCCC[C@@H]1[C@@H]1CCN(C(=O)OC(C)(C)C)C1. The molecule has 0 bridgehead atoms. The highest BCUT2D eigenvalue weighted by Gasteiger charge is 2.38. The van der Waals surface area contributed by atoms with E-state index in [0.29, 0.717) is 18.4 Å². The molecule has 2 heterocycles. The highest BCUT2D eigenvalue weighted by atomic mass is 16.6. The molecule has 0 unspecified atom stereocenters. The van der Waals surface area contributed by atoms with Crippen LogP contribution in [0.5, 0.6) is 0 Å². The molecule has 5 nitrogen and oxygen atoms in total. The Bertz CT molecular complexity index is 430. The van der Waals surface area contributed by atoms with Crippen LogP contribution < -0.4 is 0 Å². The van der Waals surface area contributed by atoms with E-state index in [1.54, 1.807) is 0 Å². The minimum absolute atomic E-state index is 0.220. The van der Waals surface area contributed by atoms with Gasteiger partial charge in [0.25, 0.3) is 0 Å². The van der Waals surface area contributed by atoms with Crippen molar-refractivity contribution < 1.29 is 14.3 Å². The third-order valence-electron chi connectivity index (χ3n) is 4.75. The van der Waals surface area contributed by atoms with Gasteiger partial charge in [0.2, 0.25) is 5.91 Å². The summed E-state index contributed by atoms with van der Waals surface area (Å²) in [6.07, 6.45) is 5.65. The summed E-state index contributed by atoms with van der Waals surface area (Å²) < 4.78 is 5.48. The molecule has 2 amide bonds. The number of carbonyl (C=O) groups excluding carboxylic acids is 2. The molecule has 0 saturated carbocycles. The van der Waals surface area contributed by atoms with Gasteiger partial charge in [-0.05, 0) is 58.8 Å². The maximum atomic E-state index is 12.4. The number of nitrogens with zero attached hydrogens (tertiary/aromatic N) is 2. The zero-order valence-corrected chi connectivity index (χ0v) is 15.1. The van der Waals surface area contributed by atoms with Gasteiger partial charge in [-0.1, -0.05) is 6.92 Å². The zero-order chi connectivity index (χ0) is 17.0. The molecule has 0 aromatic carbocycles. The number of carbonyl (C=O) groups is 2. The van der Waals surface area contributed by atoms with Gasteiger partial charge in [-0.2, -0.15) is 0 Å². The van der Waals surface area contributed by atoms with E-state index in [1.807, 2.05) is 25.7 Å². The van der Waals surface area contributed by atoms with E-state index in [1.165, 1.54) is 6.42 Å². The lowest BCUT2D eigenvalue weighted by Crippen LogP contribution is -2.48. The predicted octanol–water partition coefficient (Wildman–Crippen LogP) is 3.42. The summed E-state index contributed by atoms with van der Waals surface area (Å²) in [6, 6.07) is 0.301. The summed E-state index contributed by atoms with van der Waals surface area (Å²) in [5.74, 6) is 0.677. The first-order valence-electron chi connectivity index (χ1n) is 9.09. The number of piperidine rings is 1. The molecule has 2 aliphatic heterocycles. The molecular formula is C18H32N2O3. The maximum absolute atomic E-state index is 12.4. The average Bonchev–Trinajstić information content (AvgIpc) is 2.95. The number of ether oxygens (including phenoxy) is 1. The number of likely N-dealkylation sites (tertiary alicyclic amines) is 2. The Morgan fingerprint density at radius 3 is 2.52 bits per heavy atom.